The molecule has 204 valence electrons. The Morgan fingerprint density at radius 2 is 1.78 bits per heavy atom. The molecule has 0 aliphatic rings. The lowest BCUT2D eigenvalue weighted by atomic mass is 10.0. The number of thiophene rings is 1. The van der Waals surface area contributed by atoms with Gasteiger partial charge in [0.05, 0.1) is 17.6 Å². The smallest absolute Gasteiger partial charge is 0.268 e. The van der Waals surface area contributed by atoms with Gasteiger partial charge in [0.1, 0.15) is 18.5 Å². The number of nitrogens with one attached hydrogen (secondary N) is 1. The summed E-state index contributed by atoms with van der Waals surface area (Å²) in [6, 6.07) is 6.09. The van der Waals surface area contributed by atoms with Crippen molar-refractivity contribution < 1.29 is 24.6 Å². The Morgan fingerprint density at radius 1 is 1.05 bits per heavy atom. The molecule has 0 saturated heterocycles. The third kappa shape index (κ3) is 7.83. The Kier molecular flexibility index (Phi) is 11.0. The molecule has 4 N–H and O–H groups in total. The first-order valence-electron chi connectivity index (χ1n) is 12.9. The van der Waals surface area contributed by atoms with E-state index >= 15 is 0 Å². The number of aromatic nitrogens is 2. The molecule has 0 bridgehead atoms. The zero-order valence-corrected chi connectivity index (χ0v) is 23.3. The van der Waals surface area contributed by atoms with E-state index in [1.807, 2.05) is 26.0 Å². The van der Waals surface area contributed by atoms with Crippen molar-refractivity contribution in [2.45, 2.75) is 59.8 Å². The van der Waals surface area contributed by atoms with E-state index < -0.39 is 12.2 Å². The zero-order chi connectivity index (χ0) is 26.9. The van der Waals surface area contributed by atoms with Gasteiger partial charge in [-0.2, -0.15) is 4.98 Å². The average Bonchev–Trinajstić information content (AvgIpc) is 3.52. The molecule has 0 spiro atoms. The predicted molar refractivity (Wildman–Crippen MR) is 146 cm³/mol. The van der Waals surface area contributed by atoms with Gasteiger partial charge >= 0.3 is 0 Å². The van der Waals surface area contributed by atoms with Crippen LogP contribution in [-0.2, 0) is 13.0 Å². The molecule has 0 saturated carbocycles. The quantitative estimate of drug-likeness (QED) is 0.234. The molecule has 9 nitrogen and oxygen atoms in total. The topological polar surface area (TPSA) is 124 Å². The summed E-state index contributed by atoms with van der Waals surface area (Å²) in [5, 5.41) is 35.7. The molecule has 1 aromatic carbocycles. The summed E-state index contributed by atoms with van der Waals surface area (Å²) in [5.74, 6) is 1.79. The lowest BCUT2D eigenvalue weighted by Crippen LogP contribution is -2.37. The number of benzene rings is 1. The Labute approximate surface area is 223 Å². The number of aliphatic hydroxyl groups is 3. The summed E-state index contributed by atoms with van der Waals surface area (Å²) in [4.78, 5) is 9.36. The van der Waals surface area contributed by atoms with E-state index in [0.717, 1.165) is 53.4 Å². The zero-order valence-electron chi connectivity index (χ0n) is 22.5. The average molecular weight is 533 g/mol. The minimum atomic E-state index is -0.848. The van der Waals surface area contributed by atoms with Crippen LogP contribution in [0.2, 0.25) is 0 Å². The minimum Gasteiger partial charge on any atom is -0.490 e. The van der Waals surface area contributed by atoms with Gasteiger partial charge in [0.2, 0.25) is 5.82 Å². The minimum absolute atomic E-state index is 0.106. The second kappa shape index (κ2) is 14.0. The van der Waals surface area contributed by atoms with Crippen LogP contribution in [0.4, 0.5) is 0 Å². The fraction of sp³-hybridized carbons (Fsp3) is 0.556. The van der Waals surface area contributed by atoms with Crippen molar-refractivity contribution in [1.82, 2.24) is 20.4 Å². The Bertz CT molecular complexity index is 1130. The third-order valence-corrected chi connectivity index (χ3v) is 7.51. The predicted octanol–water partition coefficient (Wildman–Crippen LogP) is 3.17. The molecule has 2 heterocycles. The molecule has 2 atom stereocenters. The molecular formula is C27H40N4O5S. The van der Waals surface area contributed by atoms with Gasteiger partial charge in [-0.15, -0.1) is 11.3 Å². The van der Waals surface area contributed by atoms with E-state index in [9.17, 15) is 10.2 Å². The highest BCUT2D eigenvalue weighted by atomic mass is 32.1. The molecule has 2 unspecified atom stereocenters. The van der Waals surface area contributed by atoms with Crippen molar-refractivity contribution in [2.75, 3.05) is 39.4 Å². The van der Waals surface area contributed by atoms with Crippen molar-refractivity contribution in [1.29, 1.82) is 0 Å². The number of rotatable bonds is 15. The Balaban J connectivity index is 1.71. The highest BCUT2D eigenvalue weighted by Crippen LogP contribution is 2.34. The summed E-state index contributed by atoms with van der Waals surface area (Å²) in [5.41, 5.74) is 4.00. The summed E-state index contributed by atoms with van der Waals surface area (Å²) in [6.07, 6.45) is -0.862. The first-order chi connectivity index (χ1) is 17.8. The van der Waals surface area contributed by atoms with Crippen LogP contribution in [0.25, 0.3) is 22.2 Å². The van der Waals surface area contributed by atoms with Crippen LogP contribution >= 0.6 is 11.3 Å². The second-order valence-electron chi connectivity index (χ2n) is 9.20. The fourth-order valence-corrected chi connectivity index (χ4v) is 5.18. The van der Waals surface area contributed by atoms with Crippen LogP contribution in [0.5, 0.6) is 5.75 Å². The molecule has 3 aromatic rings. The van der Waals surface area contributed by atoms with Gasteiger partial charge < -0.3 is 29.9 Å². The monoisotopic (exact) mass is 532 g/mol. The van der Waals surface area contributed by atoms with E-state index in [1.165, 1.54) is 10.4 Å². The molecule has 0 radical (unpaired) electrons. The molecule has 0 fully saturated rings. The van der Waals surface area contributed by atoms with Crippen LogP contribution in [0, 0.1) is 13.8 Å². The van der Waals surface area contributed by atoms with Crippen LogP contribution < -0.4 is 10.1 Å². The van der Waals surface area contributed by atoms with Crippen molar-refractivity contribution in [3.63, 3.8) is 0 Å². The normalized spacial score (nSPS) is 13.3. The molecule has 10 heteroatoms. The van der Waals surface area contributed by atoms with Gasteiger partial charge in [-0.25, -0.2) is 0 Å². The van der Waals surface area contributed by atoms with Gasteiger partial charge in [0.25, 0.3) is 5.89 Å². The number of hydrogen-bond acceptors (Lipinski definition) is 10. The maximum atomic E-state index is 10.2. The van der Waals surface area contributed by atoms with Crippen LogP contribution in [0.1, 0.15) is 42.3 Å². The number of hydrogen-bond donors (Lipinski definition) is 4. The molecule has 2 aromatic heterocycles. The van der Waals surface area contributed by atoms with Crippen LogP contribution in [-0.4, -0.2) is 82.0 Å². The van der Waals surface area contributed by atoms with E-state index in [0.29, 0.717) is 11.7 Å². The molecule has 3 rings (SSSR count). The van der Waals surface area contributed by atoms with E-state index in [4.69, 9.17) is 19.4 Å². The summed E-state index contributed by atoms with van der Waals surface area (Å²) in [6.45, 7) is 13.7. The van der Waals surface area contributed by atoms with Crippen molar-refractivity contribution in [3.8, 4) is 27.9 Å². The van der Waals surface area contributed by atoms with E-state index in [1.54, 1.807) is 11.3 Å². The number of aryl methyl sites for hydroxylation is 3. The molecule has 0 aliphatic carbocycles. The molecule has 0 aliphatic heterocycles. The number of aliphatic hydroxyl groups excluding tert-OH is 3. The summed E-state index contributed by atoms with van der Waals surface area (Å²) >= 11 is 1.70. The molecule has 37 heavy (non-hydrogen) atoms. The Hall–Kier alpha value is -2.34. The number of nitrogens with zero attached hydrogens (tertiary/aromatic N) is 3. The Morgan fingerprint density at radius 3 is 2.46 bits per heavy atom. The SMILES string of the molecule is CCc1cc(-c2noc(-c3cc(C)c(CN(CC)CC)s3)n2)cc(C)c1OCC(O)CNCC(O)CO. The van der Waals surface area contributed by atoms with Crippen LogP contribution in [0.3, 0.4) is 0 Å². The van der Waals surface area contributed by atoms with E-state index in [2.05, 4.69) is 42.2 Å². The standard InChI is InChI=1S/C27H40N4O5S/c1-6-19-11-20(9-18(5)25(19)35-16-22(34)13-28-12-21(33)15-32)26-29-27(36-30-26)23-10-17(4)24(37-23)14-31(7-2)8-3/h9-11,21-22,28,32-34H,6-8,12-16H2,1-5H3. The van der Waals surface area contributed by atoms with Crippen LogP contribution in [0.15, 0.2) is 22.7 Å². The largest absolute Gasteiger partial charge is 0.490 e. The summed E-state index contributed by atoms with van der Waals surface area (Å²) < 4.78 is 11.6. The summed E-state index contributed by atoms with van der Waals surface area (Å²) in [7, 11) is 0. The third-order valence-electron chi connectivity index (χ3n) is 6.30. The van der Waals surface area contributed by atoms with E-state index in [-0.39, 0.29) is 26.3 Å². The van der Waals surface area contributed by atoms with Crippen molar-refractivity contribution in [2.24, 2.45) is 0 Å². The first kappa shape index (κ1) is 29.2. The van der Waals surface area contributed by atoms with Gasteiger partial charge in [-0.1, -0.05) is 25.9 Å². The van der Waals surface area contributed by atoms with Gasteiger partial charge in [-0.05, 0) is 68.2 Å². The van der Waals surface area contributed by atoms with Gasteiger partial charge in [0, 0.05) is 30.1 Å². The maximum Gasteiger partial charge on any atom is 0.268 e. The van der Waals surface area contributed by atoms with Gasteiger partial charge in [-0.3, -0.25) is 4.90 Å². The van der Waals surface area contributed by atoms with Crippen molar-refractivity contribution >= 4 is 11.3 Å². The lowest BCUT2D eigenvalue weighted by molar-refractivity contribution is 0.0792. The second-order valence-corrected chi connectivity index (χ2v) is 10.3. The first-order valence-corrected chi connectivity index (χ1v) is 13.7. The highest BCUT2D eigenvalue weighted by Gasteiger charge is 2.18. The maximum absolute atomic E-state index is 10.2. The van der Waals surface area contributed by atoms with Crippen molar-refractivity contribution in [3.05, 3.63) is 39.8 Å². The fourth-order valence-electron chi connectivity index (χ4n) is 4.04. The molecule has 0 amide bonds. The highest BCUT2D eigenvalue weighted by molar-refractivity contribution is 7.15. The molecular weight excluding hydrogens is 492 g/mol. The van der Waals surface area contributed by atoms with Gasteiger partial charge in [0.15, 0.2) is 0 Å². The number of ether oxygens (including phenoxy) is 1. The lowest BCUT2D eigenvalue weighted by Gasteiger charge is -2.18.